The zero-order valence-corrected chi connectivity index (χ0v) is 13.1. The predicted octanol–water partition coefficient (Wildman–Crippen LogP) is 4.40. The Morgan fingerprint density at radius 1 is 1.21 bits per heavy atom. The summed E-state index contributed by atoms with van der Waals surface area (Å²) in [6.07, 6.45) is 0. The number of nitrogens with one attached hydrogen (secondary N) is 1. The second kappa shape index (κ2) is 6.77. The van der Waals surface area contributed by atoms with Crippen LogP contribution >= 0.6 is 46.1 Å². The number of hydrogen-bond acceptors (Lipinski definition) is 4. The van der Waals surface area contributed by atoms with E-state index in [0.717, 1.165) is 17.2 Å². The van der Waals surface area contributed by atoms with Crippen LogP contribution in [0.15, 0.2) is 17.5 Å². The van der Waals surface area contributed by atoms with Crippen LogP contribution in [0.5, 0.6) is 5.75 Å². The van der Waals surface area contributed by atoms with Gasteiger partial charge < -0.3 is 10.1 Å². The Bertz CT molecular complexity index is 574. The smallest absolute Gasteiger partial charge is 0.140 e. The number of nitrogens with zero attached hydrogens (tertiary/aromatic N) is 1. The lowest BCUT2D eigenvalue weighted by atomic mass is 10.3. The highest BCUT2D eigenvalue weighted by Crippen LogP contribution is 2.34. The summed E-state index contributed by atoms with van der Waals surface area (Å²) < 4.78 is 5.60. The molecule has 2 aromatic rings. The Morgan fingerprint density at radius 2 is 1.95 bits per heavy atom. The summed E-state index contributed by atoms with van der Waals surface area (Å²) in [4.78, 5) is 4.41. The first-order valence-corrected chi connectivity index (χ1v) is 7.46. The molecule has 1 N–H and O–H groups in total. The van der Waals surface area contributed by atoms with E-state index in [1.807, 2.05) is 12.4 Å². The van der Waals surface area contributed by atoms with Crippen LogP contribution in [0.25, 0.3) is 0 Å². The fourth-order valence-electron chi connectivity index (χ4n) is 1.41. The van der Waals surface area contributed by atoms with Gasteiger partial charge in [0.15, 0.2) is 0 Å². The molecule has 0 spiro atoms. The highest BCUT2D eigenvalue weighted by molar-refractivity contribution is 7.09. The molecule has 1 aromatic carbocycles. The van der Waals surface area contributed by atoms with Gasteiger partial charge in [0.05, 0.1) is 20.8 Å². The van der Waals surface area contributed by atoms with Gasteiger partial charge >= 0.3 is 0 Å². The van der Waals surface area contributed by atoms with Crippen molar-refractivity contribution in [1.29, 1.82) is 0 Å². The molecular formula is C12H11Cl3N2OS. The quantitative estimate of drug-likeness (QED) is 0.821. The summed E-state index contributed by atoms with van der Waals surface area (Å²) in [5.74, 6) is 0.499. The number of halogens is 3. The molecule has 0 aliphatic heterocycles. The normalized spacial score (nSPS) is 10.7. The molecule has 0 atom stereocenters. The van der Waals surface area contributed by atoms with Crippen molar-refractivity contribution in [3.05, 3.63) is 43.3 Å². The summed E-state index contributed by atoms with van der Waals surface area (Å²) in [5, 5.41) is 7.27. The first kappa shape index (κ1) is 14.9. The van der Waals surface area contributed by atoms with Crippen molar-refractivity contribution < 1.29 is 4.74 Å². The standard InChI is InChI=1S/C12H11Cl3N2OS/c1-16-4-12-17-7(6-19-12)5-18-11-3-9(14)8(13)2-10(11)15/h2-3,6,16H,4-5H2,1H3. The summed E-state index contributed by atoms with van der Waals surface area (Å²) in [6.45, 7) is 1.09. The zero-order chi connectivity index (χ0) is 13.8. The molecule has 1 heterocycles. The van der Waals surface area contributed by atoms with E-state index in [4.69, 9.17) is 39.5 Å². The van der Waals surface area contributed by atoms with E-state index in [1.165, 1.54) is 0 Å². The molecule has 0 unspecified atom stereocenters. The van der Waals surface area contributed by atoms with Crippen molar-refractivity contribution in [2.75, 3.05) is 7.05 Å². The summed E-state index contributed by atoms with van der Waals surface area (Å²) >= 11 is 19.4. The molecule has 0 saturated carbocycles. The van der Waals surface area contributed by atoms with E-state index in [2.05, 4.69) is 10.3 Å². The Hall–Kier alpha value is -0.520. The Morgan fingerprint density at radius 3 is 2.68 bits per heavy atom. The largest absolute Gasteiger partial charge is 0.486 e. The summed E-state index contributed by atoms with van der Waals surface area (Å²) in [6, 6.07) is 3.17. The van der Waals surface area contributed by atoms with Gasteiger partial charge in [-0.1, -0.05) is 34.8 Å². The molecule has 19 heavy (non-hydrogen) atoms. The molecule has 0 radical (unpaired) electrons. The fourth-order valence-corrected chi connectivity index (χ4v) is 2.80. The minimum atomic E-state index is 0.345. The maximum atomic E-state index is 6.03. The van der Waals surface area contributed by atoms with Crippen LogP contribution in [0.2, 0.25) is 15.1 Å². The van der Waals surface area contributed by atoms with Crippen LogP contribution in [0.4, 0.5) is 0 Å². The predicted molar refractivity (Wildman–Crippen MR) is 80.7 cm³/mol. The lowest BCUT2D eigenvalue weighted by molar-refractivity contribution is 0.302. The number of ether oxygens (including phenoxy) is 1. The highest BCUT2D eigenvalue weighted by atomic mass is 35.5. The number of rotatable bonds is 5. The minimum absolute atomic E-state index is 0.345. The molecule has 2 rings (SSSR count). The van der Waals surface area contributed by atoms with E-state index in [1.54, 1.807) is 23.5 Å². The second-order valence-corrected chi connectivity index (χ2v) is 5.91. The molecule has 3 nitrogen and oxygen atoms in total. The third kappa shape index (κ3) is 3.97. The van der Waals surface area contributed by atoms with Crippen LogP contribution < -0.4 is 10.1 Å². The third-order valence-corrected chi connectivity index (χ3v) is 4.19. The molecule has 102 valence electrons. The van der Waals surface area contributed by atoms with Crippen molar-refractivity contribution in [2.45, 2.75) is 13.2 Å². The van der Waals surface area contributed by atoms with Gasteiger partial charge in [0, 0.05) is 18.0 Å². The van der Waals surface area contributed by atoms with Crippen LogP contribution in [-0.2, 0) is 13.2 Å². The van der Waals surface area contributed by atoms with Crippen LogP contribution in [0.3, 0.4) is 0 Å². The molecule has 7 heteroatoms. The van der Waals surface area contributed by atoms with Gasteiger partial charge in [0.1, 0.15) is 17.4 Å². The van der Waals surface area contributed by atoms with Gasteiger partial charge in [0.25, 0.3) is 0 Å². The van der Waals surface area contributed by atoms with Crippen molar-refractivity contribution in [3.8, 4) is 5.75 Å². The minimum Gasteiger partial charge on any atom is -0.486 e. The molecule has 0 aliphatic carbocycles. The number of hydrogen-bond donors (Lipinski definition) is 1. The Kier molecular flexibility index (Phi) is 5.30. The van der Waals surface area contributed by atoms with E-state index < -0.39 is 0 Å². The molecule has 0 fully saturated rings. The van der Waals surface area contributed by atoms with Crippen LogP contribution in [0.1, 0.15) is 10.7 Å². The number of aromatic nitrogens is 1. The van der Waals surface area contributed by atoms with Crippen molar-refractivity contribution >= 4 is 46.1 Å². The Labute approximate surface area is 130 Å². The monoisotopic (exact) mass is 336 g/mol. The number of benzene rings is 1. The number of thiazole rings is 1. The molecule has 0 aliphatic rings. The lowest BCUT2D eigenvalue weighted by Gasteiger charge is -2.07. The zero-order valence-electron chi connectivity index (χ0n) is 10.0. The second-order valence-electron chi connectivity index (χ2n) is 3.75. The Balaban J connectivity index is 2.03. The first-order valence-electron chi connectivity index (χ1n) is 5.45. The van der Waals surface area contributed by atoms with E-state index >= 15 is 0 Å². The van der Waals surface area contributed by atoms with Crippen molar-refractivity contribution in [1.82, 2.24) is 10.3 Å². The van der Waals surface area contributed by atoms with Gasteiger partial charge in [-0.3, -0.25) is 0 Å². The molecule has 0 saturated heterocycles. The molecule has 1 aromatic heterocycles. The van der Waals surface area contributed by atoms with Gasteiger partial charge in [-0.05, 0) is 13.1 Å². The summed E-state index contributed by atoms with van der Waals surface area (Å²) in [7, 11) is 1.88. The summed E-state index contributed by atoms with van der Waals surface area (Å²) in [5.41, 5.74) is 0.859. The maximum absolute atomic E-state index is 6.03. The van der Waals surface area contributed by atoms with Crippen LogP contribution in [-0.4, -0.2) is 12.0 Å². The van der Waals surface area contributed by atoms with Crippen LogP contribution in [0, 0.1) is 0 Å². The average molecular weight is 338 g/mol. The first-order chi connectivity index (χ1) is 9.10. The van der Waals surface area contributed by atoms with E-state index in [-0.39, 0.29) is 0 Å². The third-order valence-electron chi connectivity index (χ3n) is 2.28. The highest BCUT2D eigenvalue weighted by Gasteiger charge is 2.08. The van der Waals surface area contributed by atoms with Gasteiger partial charge in [0.2, 0.25) is 0 Å². The van der Waals surface area contributed by atoms with Crippen molar-refractivity contribution in [3.63, 3.8) is 0 Å². The van der Waals surface area contributed by atoms with Gasteiger partial charge in [-0.15, -0.1) is 11.3 Å². The van der Waals surface area contributed by atoms with E-state index in [0.29, 0.717) is 27.4 Å². The van der Waals surface area contributed by atoms with Gasteiger partial charge in [-0.2, -0.15) is 0 Å². The van der Waals surface area contributed by atoms with Crippen molar-refractivity contribution in [2.24, 2.45) is 0 Å². The topological polar surface area (TPSA) is 34.2 Å². The molecule has 0 amide bonds. The fraction of sp³-hybridized carbons (Fsp3) is 0.250. The molecule has 0 bridgehead atoms. The lowest BCUT2D eigenvalue weighted by Crippen LogP contribution is -2.05. The van der Waals surface area contributed by atoms with E-state index in [9.17, 15) is 0 Å². The average Bonchev–Trinajstić information content (AvgIpc) is 2.80. The SMILES string of the molecule is CNCc1nc(COc2cc(Cl)c(Cl)cc2Cl)cs1. The maximum Gasteiger partial charge on any atom is 0.140 e. The van der Waals surface area contributed by atoms with Gasteiger partial charge in [-0.25, -0.2) is 4.98 Å². The molecular weight excluding hydrogens is 327 g/mol.